The summed E-state index contributed by atoms with van der Waals surface area (Å²) in [5, 5.41) is 9.18. The first-order chi connectivity index (χ1) is 10.1. The first kappa shape index (κ1) is 15.8. The molecule has 21 heavy (non-hydrogen) atoms. The quantitative estimate of drug-likeness (QED) is 0.875. The van der Waals surface area contributed by atoms with Crippen molar-refractivity contribution >= 4 is 5.97 Å². The van der Waals surface area contributed by atoms with E-state index in [9.17, 15) is 9.90 Å². The van der Waals surface area contributed by atoms with Crippen LogP contribution in [0.3, 0.4) is 0 Å². The molecule has 1 aliphatic heterocycles. The van der Waals surface area contributed by atoms with Crippen LogP contribution in [0.5, 0.6) is 5.75 Å². The van der Waals surface area contributed by atoms with E-state index in [1.165, 1.54) is 5.56 Å². The standard InChI is InChI=1S/C17H25NO3/c1-3-21-16-8-4-6-14(11-16)10-13(2)18-9-5-7-15(12-18)17(19)20/h4,6,8,11,13,15H,3,5,7,9-10,12H2,1-2H3,(H,19,20). The number of hydrogen-bond donors (Lipinski definition) is 1. The van der Waals surface area contributed by atoms with Crippen molar-refractivity contribution in [2.75, 3.05) is 19.7 Å². The van der Waals surface area contributed by atoms with Gasteiger partial charge in [-0.25, -0.2) is 0 Å². The Morgan fingerprint density at radius 2 is 2.33 bits per heavy atom. The molecule has 0 spiro atoms. The summed E-state index contributed by atoms with van der Waals surface area (Å²) in [7, 11) is 0. The summed E-state index contributed by atoms with van der Waals surface area (Å²) in [5.74, 6) is 0.0328. The smallest absolute Gasteiger partial charge is 0.307 e. The lowest BCUT2D eigenvalue weighted by Crippen LogP contribution is -2.44. The van der Waals surface area contributed by atoms with Crippen molar-refractivity contribution in [3.8, 4) is 5.75 Å². The maximum atomic E-state index is 11.2. The molecule has 2 unspecified atom stereocenters. The highest BCUT2D eigenvalue weighted by atomic mass is 16.5. The number of benzene rings is 1. The molecule has 2 atom stereocenters. The van der Waals surface area contributed by atoms with Crippen molar-refractivity contribution in [1.29, 1.82) is 0 Å². The molecule has 0 radical (unpaired) electrons. The molecule has 0 aliphatic carbocycles. The Bertz CT molecular complexity index is 475. The lowest BCUT2D eigenvalue weighted by molar-refractivity contribution is -0.143. The van der Waals surface area contributed by atoms with E-state index in [4.69, 9.17) is 4.74 Å². The molecule has 4 nitrogen and oxygen atoms in total. The van der Waals surface area contributed by atoms with Gasteiger partial charge >= 0.3 is 5.97 Å². The van der Waals surface area contributed by atoms with Crippen LogP contribution in [0.2, 0.25) is 0 Å². The van der Waals surface area contributed by atoms with Gasteiger partial charge in [0.15, 0.2) is 0 Å². The zero-order chi connectivity index (χ0) is 15.2. The fourth-order valence-corrected chi connectivity index (χ4v) is 3.01. The summed E-state index contributed by atoms with van der Waals surface area (Å²) in [6.45, 7) is 6.50. The van der Waals surface area contributed by atoms with Crippen LogP contribution in [0.25, 0.3) is 0 Å². The average Bonchev–Trinajstić information content (AvgIpc) is 2.48. The molecular weight excluding hydrogens is 266 g/mol. The van der Waals surface area contributed by atoms with Gasteiger partial charge in [0.1, 0.15) is 5.75 Å². The number of piperidine rings is 1. The highest BCUT2D eigenvalue weighted by molar-refractivity contribution is 5.70. The van der Waals surface area contributed by atoms with Gasteiger partial charge in [-0.15, -0.1) is 0 Å². The third-order valence-corrected chi connectivity index (χ3v) is 4.17. The number of carbonyl (C=O) groups is 1. The van der Waals surface area contributed by atoms with E-state index in [0.29, 0.717) is 19.2 Å². The largest absolute Gasteiger partial charge is 0.494 e. The van der Waals surface area contributed by atoms with Crippen LogP contribution < -0.4 is 4.74 Å². The lowest BCUT2D eigenvalue weighted by Gasteiger charge is -2.35. The molecule has 1 saturated heterocycles. The van der Waals surface area contributed by atoms with E-state index < -0.39 is 5.97 Å². The number of carboxylic acid groups (broad SMARTS) is 1. The Kier molecular flexibility index (Phi) is 5.62. The van der Waals surface area contributed by atoms with Gasteiger partial charge in [-0.2, -0.15) is 0 Å². The first-order valence-corrected chi connectivity index (χ1v) is 7.78. The van der Waals surface area contributed by atoms with Gasteiger partial charge in [-0.3, -0.25) is 9.69 Å². The second kappa shape index (κ2) is 7.46. The Labute approximate surface area is 126 Å². The second-order valence-corrected chi connectivity index (χ2v) is 5.81. The highest BCUT2D eigenvalue weighted by Gasteiger charge is 2.27. The van der Waals surface area contributed by atoms with Crippen molar-refractivity contribution in [1.82, 2.24) is 4.90 Å². The van der Waals surface area contributed by atoms with Crippen molar-refractivity contribution in [2.24, 2.45) is 5.92 Å². The van der Waals surface area contributed by atoms with E-state index in [-0.39, 0.29) is 5.92 Å². The van der Waals surface area contributed by atoms with Crippen molar-refractivity contribution in [3.05, 3.63) is 29.8 Å². The molecule has 1 aromatic carbocycles. The van der Waals surface area contributed by atoms with Crippen LogP contribution >= 0.6 is 0 Å². The van der Waals surface area contributed by atoms with Gasteiger partial charge in [0, 0.05) is 12.6 Å². The summed E-state index contributed by atoms with van der Waals surface area (Å²) in [5.41, 5.74) is 1.24. The molecule has 1 heterocycles. The topological polar surface area (TPSA) is 49.8 Å². The number of ether oxygens (including phenoxy) is 1. The fraction of sp³-hybridized carbons (Fsp3) is 0.588. The molecule has 1 N–H and O–H groups in total. The van der Waals surface area contributed by atoms with Crippen LogP contribution in [-0.4, -0.2) is 41.7 Å². The predicted octanol–water partition coefficient (Wildman–Crippen LogP) is 2.81. The summed E-state index contributed by atoms with van der Waals surface area (Å²) < 4.78 is 5.53. The molecule has 0 amide bonds. The summed E-state index contributed by atoms with van der Waals surface area (Å²) in [4.78, 5) is 13.5. The third-order valence-electron chi connectivity index (χ3n) is 4.17. The van der Waals surface area contributed by atoms with Gasteiger partial charge in [-0.05, 0) is 57.4 Å². The molecule has 2 rings (SSSR count). The zero-order valence-electron chi connectivity index (χ0n) is 12.9. The number of hydrogen-bond acceptors (Lipinski definition) is 3. The lowest BCUT2D eigenvalue weighted by atomic mass is 9.95. The van der Waals surface area contributed by atoms with Gasteiger partial charge in [-0.1, -0.05) is 12.1 Å². The van der Waals surface area contributed by atoms with Crippen LogP contribution in [0.4, 0.5) is 0 Å². The van der Waals surface area contributed by atoms with Crippen LogP contribution in [0.15, 0.2) is 24.3 Å². The molecule has 4 heteroatoms. The average molecular weight is 291 g/mol. The van der Waals surface area contributed by atoms with Gasteiger partial charge in [0.05, 0.1) is 12.5 Å². The minimum atomic E-state index is -0.662. The molecule has 1 fully saturated rings. The van der Waals surface area contributed by atoms with Gasteiger partial charge in [0.2, 0.25) is 0 Å². The van der Waals surface area contributed by atoms with Crippen molar-refractivity contribution < 1.29 is 14.6 Å². The Balaban J connectivity index is 1.95. The zero-order valence-corrected chi connectivity index (χ0v) is 12.9. The molecule has 0 aromatic heterocycles. The van der Waals surface area contributed by atoms with E-state index in [1.54, 1.807) is 0 Å². The van der Waals surface area contributed by atoms with Crippen molar-refractivity contribution in [2.45, 2.75) is 39.2 Å². The molecule has 116 valence electrons. The molecule has 0 bridgehead atoms. The van der Waals surface area contributed by atoms with Crippen LogP contribution in [0.1, 0.15) is 32.3 Å². The number of aliphatic carboxylic acids is 1. The number of rotatable bonds is 6. The normalized spacial score (nSPS) is 21.0. The van der Waals surface area contributed by atoms with Crippen LogP contribution in [-0.2, 0) is 11.2 Å². The minimum Gasteiger partial charge on any atom is -0.494 e. The van der Waals surface area contributed by atoms with E-state index >= 15 is 0 Å². The Morgan fingerprint density at radius 1 is 1.52 bits per heavy atom. The Hall–Kier alpha value is -1.55. The summed E-state index contributed by atoms with van der Waals surface area (Å²) >= 11 is 0. The number of carboxylic acids is 1. The number of likely N-dealkylation sites (tertiary alicyclic amines) is 1. The van der Waals surface area contributed by atoms with Crippen molar-refractivity contribution in [3.63, 3.8) is 0 Å². The molecular formula is C17H25NO3. The fourth-order valence-electron chi connectivity index (χ4n) is 3.01. The molecule has 1 aliphatic rings. The predicted molar refractivity (Wildman–Crippen MR) is 82.7 cm³/mol. The highest BCUT2D eigenvalue weighted by Crippen LogP contribution is 2.21. The monoisotopic (exact) mass is 291 g/mol. The number of nitrogens with zero attached hydrogens (tertiary/aromatic N) is 1. The molecule has 0 saturated carbocycles. The second-order valence-electron chi connectivity index (χ2n) is 5.81. The SMILES string of the molecule is CCOc1cccc(CC(C)N2CCCC(C(=O)O)C2)c1. The van der Waals surface area contributed by atoms with Gasteiger partial charge in [0.25, 0.3) is 0 Å². The van der Waals surface area contributed by atoms with E-state index in [0.717, 1.165) is 31.6 Å². The minimum absolute atomic E-state index is 0.212. The molecule has 1 aromatic rings. The maximum absolute atomic E-state index is 11.2. The van der Waals surface area contributed by atoms with Gasteiger partial charge < -0.3 is 9.84 Å². The summed E-state index contributed by atoms with van der Waals surface area (Å²) in [6, 6.07) is 8.53. The first-order valence-electron chi connectivity index (χ1n) is 7.78. The summed E-state index contributed by atoms with van der Waals surface area (Å²) in [6.07, 6.45) is 2.70. The van der Waals surface area contributed by atoms with E-state index in [1.807, 2.05) is 19.1 Å². The van der Waals surface area contributed by atoms with Crippen LogP contribution in [0, 0.1) is 5.92 Å². The Morgan fingerprint density at radius 3 is 3.05 bits per heavy atom. The van der Waals surface area contributed by atoms with E-state index in [2.05, 4.69) is 24.0 Å². The third kappa shape index (κ3) is 4.46. The maximum Gasteiger partial charge on any atom is 0.307 e.